The number of hydrogen-bond acceptors (Lipinski definition) is 5. The van der Waals surface area contributed by atoms with Crippen molar-refractivity contribution in [1.82, 2.24) is 20.9 Å². The van der Waals surface area contributed by atoms with Gasteiger partial charge in [0.25, 0.3) is 0 Å². The Hall–Kier alpha value is -2.45. The van der Waals surface area contributed by atoms with Gasteiger partial charge in [0.2, 0.25) is 17.6 Å². The molecule has 202 valence electrons. The molecule has 3 rings (SSSR count). The molecule has 0 aromatic heterocycles. The van der Waals surface area contributed by atoms with E-state index in [1.54, 1.807) is 4.90 Å². The fraction of sp³-hybridized carbons (Fsp3) is 0.815. The third-order valence-corrected chi connectivity index (χ3v) is 8.34. The minimum atomic E-state index is -0.869. The molecule has 9 heteroatoms. The molecule has 0 radical (unpaired) electrons. The number of amides is 4. The number of likely N-dealkylation sites (tertiary alicyclic amines) is 1. The fourth-order valence-corrected chi connectivity index (χ4v) is 5.86. The van der Waals surface area contributed by atoms with Crippen LogP contribution < -0.4 is 16.0 Å². The van der Waals surface area contributed by atoms with Crippen molar-refractivity contribution >= 4 is 29.4 Å². The van der Waals surface area contributed by atoms with Crippen molar-refractivity contribution < 1.29 is 24.0 Å². The van der Waals surface area contributed by atoms with Gasteiger partial charge in [-0.3, -0.25) is 19.2 Å². The molecule has 2 saturated carbocycles. The minimum Gasteiger partial charge on any atom is -0.344 e. The zero-order valence-electron chi connectivity index (χ0n) is 23.1. The topological polar surface area (TPSA) is 125 Å². The predicted molar refractivity (Wildman–Crippen MR) is 136 cm³/mol. The van der Waals surface area contributed by atoms with Gasteiger partial charge in [0.05, 0.1) is 6.04 Å². The van der Waals surface area contributed by atoms with Crippen molar-refractivity contribution in [1.29, 1.82) is 0 Å². The molecule has 1 saturated heterocycles. The first-order valence-electron chi connectivity index (χ1n) is 13.3. The van der Waals surface area contributed by atoms with Crippen molar-refractivity contribution in [3.05, 3.63) is 0 Å². The molecule has 0 aromatic carbocycles. The van der Waals surface area contributed by atoms with Crippen molar-refractivity contribution in [2.75, 3.05) is 6.54 Å². The third-order valence-electron chi connectivity index (χ3n) is 8.34. The van der Waals surface area contributed by atoms with Gasteiger partial charge in [-0.1, -0.05) is 53.9 Å². The molecule has 36 heavy (non-hydrogen) atoms. The lowest BCUT2D eigenvalue weighted by Crippen LogP contribution is -2.61. The number of nitrogens with zero attached hydrogens (tertiary/aromatic N) is 1. The van der Waals surface area contributed by atoms with Crippen LogP contribution in [0, 0.1) is 28.6 Å². The van der Waals surface area contributed by atoms with E-state index >= 15 is 0 Å². The standard InChI is InChI=1S/C27H44N4O5/c1-14(2)28-25(36)30-22(26(4,5)6)24(35)31-13-17-19(27(17,7)8)20(31)23(34)29-18(21(33)15(3)32)12-16-10-9-11-16/h14,16-20,22H,9-13H2,1-8H3,(H,29,34)(H2,28,30,36)/t17?,18?,19?,20-,22+/m0/s1. The molecule has 3 aliphatic rings. The van der Waals surface area contributed by atoms with Crippen LogP contribution in [0.4, 0.5) is 4.79 Å². The van der Waals surface area contributed by atoms with Gasteiger partial charge in [-0.25, -0.2) is 4.79 Å². The van der Waals surface area contributed by atoms with E-state index < -0.39 is 41.1 Å². The highest BCUT2D eigenvalue weighted by atomic mass is 16.2. The Morgan fingerprint density at radius 3 is 2.08 bits per heavy atom. The lowest BCUT2D eigenvalue weighted by atomic mass is 9.79. The summed E-state index contributed by atoms with van der Waals surface area (Å²) in [5.74, 6) is -1.41. The van der Waals surface area contributed by atoms with Crippen LogP contribution in [0.1, 0.15) is 81.1 Å². The van der Waals surface area contributed by atoms with Crippen molar-refractivity contribution in [2.45, 2.75) is 105 Å². The van der Waals surface area contributed by atoms with Gasteiger partial charge in [-0.2, -0.15) is 0 Å². The first-order chi connectivity index (χ1) is 16.6. The van der Waals surface area contributed by atoms with Crippen LogP contribution in [0.3, 0.4) is 0 Å². The zero-order valence-corrected chi connectivity index (χ0v) is 23.1. The van der Waals surface area contributed by atoms with Gasteiger partial charge < -0.3 is 20.9 Å². The molecule has 2 aliphatic carbocycles. The number of carbonyl (C=O) groups excluding carboxylic acids is 5. The minimum absolute atomic E-state index is 0.0386. The van der Waals surface area contributed by atoms with Crippen LogP contribution in [-0.4, -0.2) is 65.0 Å². The van der Waals surface area contributed by atoms with E-state index in [0.717, 1.165) is 19.3 Å². The third kappa shape index (κ3) is 5.75. The first-order valence-corrected chi connectivity index (χ1v) is 13.3. The van der Waals surface area contributed by atoms with Crippen LogP contribution in [0.25, 0.3) is 0 Å². The van der Waals surface area contributed by atoms with Gasteiger partial charge >= 0.3 is 6.03 Å². The lowest BCUT2D eigenvalue weighted by Gasteiger charge is -2.38. The summed E-state index contributed by atoms with van der Waals surface area (Å²) in [6.07, 6.45) is 3.51. The summed E-state index contributed by atoms with van der Waals surface area (Å²) in [4.78, 5) is 66.2. The Labute approximate surface area is 214 Å². The molecule has 1 aliphatic heterocycles. The first kappa shape index (κ1) is 28.1. The van der Waals surface area contributed by atoms with Gasteiger partial charge in [0.15, 0.2) is 5.78 Å². The van der Waals surface area contributed by atoms with Gasteiger partial charge in [-0.05, 0) is 48.9 Å². The monoisotopic (exact) mass is 504 g/mol. The summed E-state index contributed by atoms with van der Waals surface area (Å²) in [7, 11) is 0. The fourth-order valence-electron chi connectivity index (χ4n) is 5.86. The molecular formula is C27H44N4O5. The number of hydrogen-bond donors (Lipinski definition) is 3. The maximum atomic E-state index is 13.8. The Bertz CT molecular complexity index is 918. The number of urea groups is 1. The normalized spacial score (nSPS) is 26.4. The van der Waals surface area contributed by atoms with E-state index in [1.807, 2.05) is 34.6 Å². The average Bonchev–Trinajstić information content (AvgIpc) is 3.06. The number of rotatable bonds is 9. The summed E-state index contributed by atoms with van der Waals surface area (Å²) >= 11 is 0. The van der Waals surface area contributed by atoms with Crippen LogP contribution in [0.5, 0.6) is 0 Å². The highest BCUT2D eigenvalue weighted by Gasteiger charge is 2.69. The second kappa shape index (κ2) is 10.1. The maximum Gasteiger partial charge on any atom is 0.315 e. The molecule has 0 spiro atoms. The van der Waals surface area contributed by atoms with E-state index in [-0.39, 0.29) is 35.1 Å². The summed E-state index contributed by atoms with van der Waals surface area (Å²) < 4.78 is 0. The summed E-state index contributed by atoms with van der Waals surface area (Å²) in [6, 6.07) is -2.98. The number of nitrogens with one attached hydrogen (secondary N) is 3. The Morgan fingerprint density at radius 2 is 1.61 bits per heavy atom. The van der Waals surface area contributed by atoms with Gasteiger partial charge in [0, 0.05) is 19.5 Å². The number of carbonyl (C=O) groups is 5. The van der Waals surface area contributed by atoms with Crippen molar-refractivity contribution in [2.24, 2.45) is 28.6 Å². The number of piperidine rings is 1. The zero-order chi connectivity index (χ0) is 27.2. The lowest BCUT2D eigenvalue weighted by molar-refractivity contribution is -0.145. The maximum absolute atomic E-state index is 13.8. The molecule has 4 amide bonds. The molecule has 1 heterocycles. The largest absolute Gasteiger partial charge is 0.344 e. The van der Waals surface area contributed by atoms with Gasteiger partial charge in [0.1, 0.15) is 12.1 Å². The molecule has 0 aromatic rings. The van der Waals surface area contributed by atoms with Gasteiger partial charge in [-0.15, -0.1) is 0 Å². The summed E-state index contributed by atoms with van der Waals surface area (Å²) in [6.45, 7) is 15.1. The summed E-state index contributed by atoms with van der Waals surface area (Å²) in [5, 5.41) is 8.44. The SMILES string of the molecule is CC(=O)C(=O)C(CC1CCC1)NC(=O)[C@@H]1C2C(CN1C(=O)[C@@H](NC(=O)NC(C)C)C(C)(C)C)C2(C)C. The molecule has 5 atom stereocenters. The second-order valence-corrected chi connectivity index (χ2v) is 13.0. The molecular weight excluding hydrogens is 460 g/mol. The molecule has 3 fully saturated rings. The van der Waals surface area contributed by atoms with Crippen LogP contribution in [-0.2, 0) is 19.2 Å². The van der Waals surface area contributed by atoms with E-state index in [0.29, 0.717) is 18.9 Å². The molecule has 3 N–H and O–H groups in total. The highest BCUT2D eigenvalue weighted by molar-refractivity contribution is 6.38. The predicted octanol–water partition coefficient (Wildman–Crippen LogP) is 2.42. The van der Waals surface area contributed by atoms with Crippen molar-refractivity contribution in [3.63, 3.8) is 0 Å². The summed E-state index contributed by atoms with van der Waals surface area (Å²) in [5.41, 5.74) is -0.696. The van der Waals surface area contributed by atoms with Crippen molar-refractivity contribution in [3.8, 4) is 0 Å². The second-order valence-electron chi connectivity index (χ2n) is 13.0. The Morgan fingerprint density at radius 1 is 1.00 bits per heavy atom. The Kier molecular flexibility index (Phi) is 7.92. The van der Waals surface area contributed by atoms with E-state index in [1.165, 1.54) is 6.92 Å². The quantitative estimate of drug-likeness (QED) is 0.416. The average molecular weight is 505 g/mol. The Balaban J connectivity index is 1.83. The van der Waals surface area contributed by atoms with E-state index in [4.69, 9.17) is 0 Å². The smallest absolute Gasteiger partial charge is 0.315 e. The van der Waals surface area contributed by atoms with E-state index in [9.17, 15) is 24.0 Å². The number of Topliss-reactive ketones (excluding diaryl/α,β-unsaturated/α-hetero) is 2. The molecule has 0 bridgehead atoms. The van der Waals surface area contributed by atoms with Crippen LogP contribution >= 0.6 is 0 Å². The molecule has 3 unspecified atom stereocenters. The highest BCUT2D eigenvalue weighted by Crippen LogP contribution is 2.65. The van der Waals surface area contributed by atoms with Crippen LogP contribution in [0.2, 0.25) is 0 Å². The number of fused-ring (bicyclic) bond motifs is 1. The van der Waals surface area contributed by atoms with Crippen LogP contribution in [0.15, 0.2) is 0 Å². The number of ketones is 2. The van der Waals surface area contributed by atoms with E-state index in [2.05, 4.69) is 29.8 Å². The molecule has 9 nitrogen and oxygen atoms in total.